The van der Waals surface area contributed by atoms with Crippen LogP contribution in [-0.2, 0) is 10.1 Å². The van der Waals surface area contributed by atoms with Crippen molar-refractivity contribution < 1.29 is 22.5 Å². The second-order valence-electron chi connectivity index (χ2n) is 6.38. The Hall–Kier alpha value is -1.45. The molecule has 0 atom stereocenters. The van der Waals surface area contributed by atoms with E-state index in [1.54, 1.807) is 18.2 Å². The number of hydrogen-bond acceptors (Lipinski definition) is 4. The minimum atomic E-state index is -4.34. The summed E-state index contributed by atoms with van der Waals surface area (Å²) in [5, 5.41) is 0. The standard InChI is InChI=1S/C19H19IO5S/c20-16-8-4-5-9-17(16)25-19(21)14-10-11-18(26(22,23)24)15(12-14)13-6-2-1-3-7-13/h4-5,8-13H,1-3,6-7H2,(H,22,23,24). The average molecular weight is 486 g/mol. The predicted octanol–water partition coefficient (Wildman–Crippen LogP) is 4.80. The van der Waals surface area contributed by atoms with Crippen molar-refractivity contribution in [2.24, 2.45) is 0 Å². The number of esters is 1. The first-order valence-electron chi connectivity index (χ1n) is 8.44. The van der Waals surface area contributed by atoms with Crippen molar-refractivity contribution in [3.8, 4) is 5.75 Å². The molecule has 0 aliphatic heterocycles. The molecule has 1 fully saturated rings. The summed E-state index contributed by atoms with van der Waals surface area (Å²) in [7, 11) is -4.34. The molecule has 3 rings (SSSR count). The van der Waals surface area contributed by atoms with Gasteiger partial charge in [-0.1, -0.05) is 31.4 Å². The minimum absolute atomic E-state index is 0.0188. The van der Waals surface area contributed by atoms with Gasteiger partial charge in [-0.2, -0.15) is 8.42 Å². The Kier molecular flexibility index (Phi) is 5.99. The molecule has 5 nitrogen and oxygen atoms in total. The molecule has 0 unspecified atom stereocenters. The predicted molar refractivity (Wildman–Crippen MR) is 106 cm³/mol. The monoisotopic (exact) mass is 486 g/mol. The van der Waals surface area contributed by atoms with Gasteiger partial charge in [0.2, 0.25) is 0 Å². The second kappa shape index (κ2) is 8.06. The first kappa shape index (κ1) is 19.3. The van der Waals surface area contributed by atoms with Crippen LogP contribution in [0, 0.1) is 3.57 Å². The number of ether oxygens (including phenoxy) is 1. The molecule has 7 heteroatoms. The van der Waals surface area contributed by atoms with Gasteiger partial charge < -0.3 is 4.74 Å². The van der Waals surface area contributed by atoms with Crippen LogP contribution in [-0.4, -0.2) is 18.9 Å². The number of carbonyl (C=O) groups is 1. The Balaban J connectivity index is 1.95. The average Bonchev–Trinajstić information content (AvgIpc) is 2.63. The van der Waals surface area contributed by atoms with Gasteiger partial charge in [-0.25, -0.2) is 4.79 Å². The molecule has 1 aliphatic rings. The van der Waals surface area contributed by atoms with Crippen LogP contribution in [0.1, 0.15) is 53.9 Å². The van der Waals surface area contributed by atoms with Crippen molar-refractivity contribution in [2.75, 3.05) is 0 Å². The molecule has 0 saturated heterocycles. The molecule has 26 heavy (non-hydrogen) atoms. The molecule has 0 heterocycles. The highest BCUT2D eigenvalue weighted by molar-refractivity contribution is 14.1. The second-order valence-corrected chi connectivity index (χ2v) is 8.93. The fourth-order valence-electron chi connectivity index (χ4n) is 3.33. The van der Waals surface area contributed by atoms with Crippen LogP contribution in [0.3, 0.4) is 0 Å². The maximum atomic E-state index is 12.5. The lowest BCUT2D eigenvalue weighted by atomic mass is 9.83. The highest BCUT2D eigenvalue weighted by atomic mass is 127. The van der Waals surface area contributed by atoms with Gasteiger partial charge in [-0.3, -0.25) is 4.55 Å². The van der Waals surface area contributed by atoms with Gasteiger partial charge in [0, 0.05) is 0 Å². The zero-order valence-electron chi connectivity index (χ0n) is 14.0. The molecular formula is C19H19IO5S. The normalized spacial score (nSPS) is 15.6. The van der Waals surface area contributed by atoms with E-state index in [0.717, 1.165) is 35.7 Å². The van der Waals surface area contributed by atoms with E-state index >= 15 is 0 Å². The smallest absolute Gasteiger partial charge is 0.343 e. The van der Waals surface area contributed by atoms with Crippen LogP contribution in [0.15, 0.2) is 47.4 Å². The van der Waals surface area contributed by atoms with Crippen molar-refractivity contribution >= 4 is 38.7 Å². The van der Waals surface area contributed by atoms with Crippen molar-refractivity contribution in [3.63, 3.8) is 0 Å². The largest absolute Gasteiger partial charge is 0.422 e. The van der Waals surface area contributed by atoms with Crippen LogP contribution in [0.4, 0.5) is 0 Å². The van der Waals surface area contributed by atoms with Crippen molar-refractivity contribution in [1.82, 2.24) is 0 Å². The molecule has 0 bridgehead atoms. The number of para-hydroxylation sites is 1. The number of halogens is 1. The van der Waals surface area contributed by atoms with E-state index in [1.807, 2.05) is 12.1 Å². The Morgan fingerprint density at radius 3 is 2.42 bits per heavy atom. The quantitative estimate of drug-likeness (QED) is 0.291. The third kappa shape index (κ3) is 4.44. The summed E-state index contributed by atoms with van der Waals surface area (Å²) < 4.78 is 39.3. The van der Waals surface area contributed by atoms with E-state index in [0.29, 0.717) is 11.3 Å². The molecule has 1 saturated carbocycles. The third-order valence-corrected chi connectivity index (χ3v) is 6.43. The van der Waals surface area contributed by atoms with Crippen LogP contribution < -0.4 is 4.74 Å². The summed E-state index contributed by atoms with van der Waals surface area (Å²) in [4.78, 5) is 12.4. The fourth-order valence-corrected chi connectivity index (χ4v) is 4.59. The van der Waals surface area contributed by atoms with E-state index < -0.39 is 16.1 Å². The van der Waals surface area contributed by atoms with Crippen LogP contribution in [0.5, 0.6) is 5.75 Å². The van der Waals surface area contributed by atoms with Gasteiger partial charge >= 0.3 is 5.97 Å². The summed E-state index contributed by atoms with van der Waals surface area (Å²) in [6, 6.07) is 11.4. The first-order chi connectivity index (χ1) is 12.4. The molecule has 2 aromatic rings. The molecule has 1 aliphatic carbocycles. The summed E-state index contributed by atoms with van der Waals surface area (Å²) in [6.45, 7) is 0. The zero-order valence-corrected chi connectivity index (χ0v) is 17.0. The van der Waals surface area contributed by atoms with Crippen LogP contribution in [0.2, 0.25) is 0 Å². The highest BCUT2D eigenvalue weighted by Crippen LogP contribution is 2.36. The zero-order chi connectivity index (χ0) is 18.7. The number of benzene rings is 2. The third-order valence-electron chi connectivity index (χ3n) is 4.61. The molecule has 0 amide bonds. The van der Waals surface area contributed by atoms with Crippen molar-refractivity contribution in [2.45, 2.75) is 42.9 Å². The van der Waals surface area contributed by atoms with Crippen LogP contribution >= 0.6 is 22.6 Å². The molecule has 0 spiro atoms. The Bertz CT molecular complexity index is 917. The van der Waals surface area contributed by atoms with Gasteiger partial charge in [-0.15, -0.1) is 0 Å². The van der Waals surface area contributed by atoms with E-state index in [4.69, 9.17) is 4.74 Å². The van der Waals surface area contributed by atoms with Gasteiger partial charge in [0.25, 0.3) is 10.1 Å². The molecule has 0 aromatic heterocycles. The highest BCUT2D eigenvalue weighted by Gasteiger charge is 2.25. The molecule has 2 aromatic carbocycles. The van der Waals surface area contributed by atoms with Gasteiger partial charge in [-0.05, 0) is 77.2 Å². The van der Waals surface area contributed by atoms with Gasteiger partial charge in [0.1, 0.15) is 5.75 Å². The number of carbonyl (C=O) groups excluding carboxylic acids is 1. The minimum Gasteiger partial charge on any atom is -0.422 e. The molecule has 1 N–H and O–H groups in total. The lowest BCUT2D eigenvalue weighted by molar-refractivity contribution is 0.0733. The summed E-state index contributed by atoms with van der Waals surface area (Å²) in [6.07, 6.45) is 4.82. The molecule has 138 valence electrons. The maximum Gasteiger partial charge on any atom is 0.343 e. The summed E-state index contributed by atoms with van der Waals surface area (Å²) in [5.74, 6) is -0.0745. The van der Waals surface area contributed by atoms with E-state index in [2.05, 4.69) is 22.6 Å². The van der Waals surface area contributed by atoms with Crippen LogP contribution in [0.25, 0.3) is 0 Å². The number of rotatable bonds is 4. The first-order valence-corrected chi connectivity index (χ1v) is 11.0. The molecule has 0 radical (unpaired) electrons. The Morgan fingerprint density at radius 2 is 1.77 bits per heavy atom. The Morgan fingerprint density at radius 1 is 1.08 bits per heavy atom. The van der Waals surface area contributed by atoms with E-state index in [1.165, 1.54) is 12.1 Å². The fraction of sp³-hybridized carbons (Fsp3) is 0.316. The van der Waals surface area contributed by atoms with Crippen molar-refractivity contribution in [3.05, 3.63) is 57.2 Å². The Labute approximate surface area is 166 Å². The lowest BCUT2D eigenvalue weighted by Gasteiger charge is -2.24. The van der Waals surface area contributed by atoms with Gasteiger partial charge in [0.15, 0.2) is 0 Å². The van der Waals surface area contributed by atoms with Crippen molar-refractivity contribution in [1.29, 1.82) is 0 Å². The van der Waals surface area contributed by atoms with E-state index in [9.17, 15) is 17.8 Å². The van der Waals surface area contributed by atoms with E-state index in [-0.39, 0.29) is 16.4 Å². The van der Waals surface area contributed by atoms with Gasteiger partial charge in [0.05, 0.1) is 14.0 Å². The SMILES string of the molecule is O=C(Oc1ccccc1I)c1ccc(S(=O)(=O)O)c(C2CCCCC2)c1. The summed E-state index contributed by atoms with van der Waals surface area (Å²) >= 11 is 2.08. The lowest BCUT2D eigenvalue weighted by Crippen LogP contribution is -2.14. The number of hydrogen-bond donors (Lipinski definition) is 1. The maximum absolute atomic E-state index is 12.5. The summed E-state index contributed by atoms with van der Waals surface area (Å²) in [5.41, 5.74) is 0.780. The topological polar surface area (TPSA) is 80.7 Å². The molecular weight excluding hydrogens is 467 g/mol.